The number of nitrogens with two attached hydrogens (primary N) is 1. The molecule has 0 aromatic carbocycles. The summed E-state index contributed by atoms with van der Waals surface area (Å²) < 4.78 is 9.81. The van der Waals surface area contributed by atoms with Gasteiger partial charge in [0.05, 0.1) is 6.61 Å². The van der Waals surface area contributed by atoms with Gasteiger partial charge in [0.2, 0.25) is 0 Å². The average molecular weight is 212 g/mol. The van der Waals surface area contributed by atoms with Crippen molar-refractivity contribution in [1.29, 1.82) is 0 Å². The molecule has 0 radical (unpaired) electrons. The molecule has 0 aliphatic heterocycles. The van der Waals surface area contributed by atoms with E-state index < -0.39 is 0 Å². The number of hydrogen-bond donors (Lipinski definition) is 2. The van der Waals surface area contributed by atoms with Crippen LogP contribution in [0.3, 0.4) is 0 Å². The van der Waals surface area contributed by atoms with Crippen LogP contribution < -0.4 is 5.73 Å². The lowest BCUT2D eigenvalue weighted by Gasteiger charge is -2.08. The van der Waals surface area contributed by atoms with Gasteiger partial charge in [0.25, 0.3) is 0 Å². The molecule has 0 bridgehead atoms. The van der Waals surface area contributed by atoms with Gasteiger partial charge < -0.3 is 20.3 Å². The van der Waals surface area contributed by atoms with Crippen LogP contribution in [0.1, 0.15) is 6.42 Å². The van der Waals surface area contributed by atoms with Crippen LogP contribution in [-0.2, 0) is 9.47 Å². The van der Waals surface area contributed by atoms with E-state index in [-0.39, 0.29) is 31.3 Å². The van der Waals surface area contributed by atoms with Gasteiger partial charge in [-0.3, -0.25) is 0 Å². The van der Waals surface area contributed by atoms with Crippen molar-refractivity contribution >= 4 is 12.4 Å². The first-order valence-electron chi connectivity index (χ1n) is 3.83. The highest BCUT2D eigenvalue weighted by Crippen LogP contribution is 1.96. The Labute approximate surface area is 85.1 Å². The van der Waals surface area contributed by atoms with Gasteiger partial charge in [0, 0.05) is 20.3 Å². The Bertz CT molecular complexity index is 129. The van der Waals surface area contributed by atoms with Crippen molar-refractivity contribution < 1.29 is 14.6 Å². The maximum absolute atomic E-state index is 8.59. The maximum atomic E-state index is 8.59. The zero-order valence-corrected chi connectivity index (χ0v) is 8.79. The number of aliphatic hydroxyl groups is 1. The molecule has 0 rings (SSSR count). The second-order valence-corrected chi connectivity index (χ2v) is 2.45. The van der Waals surface area contributed by atoms with E-state index in [9.17, 15) is 0 Å². The smallest absolute Gasteiger partial charge is 0.176 e. The molecule has 0 heterocycles. The standard InChI is InChI=1S/C8H17NO3.ClH/c1-11-8(12-2)5-3-4-7(9)6-10;/h3,5,7-8,10H,4,6,9H2,1-2H3;1H/b5-3+;. The summed E-state index contributed by atoms with van der Waals surface area (Å²) in [5.41, 5.74) is 5.46. The minimum Gasteiger partial charge on any atom is -0.395 e. The van der Waals surface area contributed by atoms with Crippen molar-refractivity contribution in [2.24, 2.45) is 5.73 Å². The molecule has 5 heteroatoms. The molecule has 3 N–H and O–H groups in total. The molecule has 0 spiro atoms. The number of ether oxygens (including phenoxy) is 2. The monoisotopic (exact) mass is 211 g/mol. The average Bonchev–Trinajstić information content (AvgIpc) is 2.12. The third-order valence-electron chi connectivity index (χ3n) is 1.43. The molecule has 0 aliphatic rings. The molecule has 0 aromatic heterocycles. The molecular formula is C8H18ClNO3. The minimum absolute atomic E-state index is 0. The maximum Gasteiger partial charge on any atom is 0.176 e. The van der Waals surface area contributed by atoms with E-state index in [1.54, 1.807) is 20.3 Å². The van der Waals surface area contributed by atoms with Gasteiger partial charge in [-0.05, 0) is 12.5 Å². The van der Waals surface area contributed by atoms with Crippen LogP contribution in [0.4, 0.5) is 0 Å². The van der Waals surface area contributed by atoms with Crippen LogP contribution in [0.2, 0.25) is 0 Å². The molecule has 0 fully saturated rings. The van der Waals surface area contributed by atoms with Crippen molar-refractivity contribution in [3.63, 3.8) is 0 Å². The van der Waals surface area contributed by atoms with Crippen molar-refractivity contribution in [1.82, 2.24) is 0 Å². The van der Waals surface area contributed by atoms with E-state index in [1.165, 1.54) is 0 Å². The highest BCUT2D eigenvalue weighted by Gasteiger charge is 1.99. The first kappa shape index (κ1) is 15.3. The summed E-state index contributed by atoms with van der Waals surface area (Å²) in [6.45, 7) is -0.00499. The molecule has 4 nitrogen and oxygen atoms in total. The molecule has 0 aliphatic carbocycles. The molecular weight excluding hydrogens is 194 g/mol. The van der Waals surface area contributed by atoms with Crippen LogP contribution in [0.25, 0.3) is 0 Å². The predicted octanol–water partition coefficient (Wildman–Crippen LogP) is 0.293. The largest absolute Gasteiger partial charge is 0.395 e. The predicted molar refractivity (Wildman–Crippen MR) is 53.9 cm³/mol. The van der Waals surface area contributed by atoms with Crippen molar-refractivity contribution in [3.8, 4) is 0 Å². The van der Waals surface area contributed by atoms with E-state index in [0.29, 0.717) is 6.42 Å². The fourth-order valence-electron chi connectivity index (χ4n) is 0.692. The molecule has 1 atom stereocenters. The number of aliphatic hydroxyl groups excluding tert-OH is 1. The van der Waals surface area contributed by atoms with E-state index in [4.69, 9.17) is 20.3 Å². The Hall–Kier alpha value is -0.130. The second-order valence-electron chi connectivity index (χ2n) is 2.45. The third kappa shape index (κ3) is 8.21. The Morgan fingerprint density at radius 1 is 1.38 bits per heavy atom. The van der Waals surface area contributed by atoms with Crippen molar-refractivity contribution in [2.45, 2.75) is 18.8 Å². The molecule has 0 aromatic rings. The molecule has 0 amide bonds. The molecule has 0 saturated carbocycles. The summed E-state index contributed by atoms with van der Waals surface area (Å²) >= 11 is 0. The van der Waals surface area contributed by atoms with Gasteiger partial charge in [-0.15, -0.1) is 12.4 Å². The first-order chi connectivity index (χ1) is 5.74. The topological polar surface area (TPSA) is 64.7 Å². The van der Waals surface area contributed by atoms with Crippen molar-refractivity contribution in [2.75, 3.05) is 20.8 Å². The lowest BCUT2D eigenvalue weighted by atomic mass is 10.2. The summed E-state index contributed by atoms with van der Waals surface area (Å²) in [4.78, 5) is 0. The number of methoxy groups -OCH3 is 2. The summed E-state index contributed by atoms with van der Waals surface area (Å²) in [6.07, 6.45) is 3.89. The highest BCUT2D eigenvalue weighted by molar-refractivity contribution is 5.85. The van der Waals surface area contributed by atoms with E-state index >= 15 is 0 Å². The van der Waals surface area contributed by atoms with E-state index in [1.807, 2.05) is 6.08 Å². The molecule has 80 valence electrons. The molecule has 0 saturated heterocycles. The van der Waals surface area contributed by atoms with Gasteiger partial charge in [0.15, 0.2) is 6.29 Å². The first-order valence-corrected chi connectivity index (χ1v) is 3.83. The zero-order chi connectivity index (χ0) is 9.40. The summed E-state index contributed by atoms with van der Waals surface area (Å²) in [6, 6.07) is -0.199. The Morgan fingerprint density at radius 3 is 2.31 bits per heavy atom. The third-order valence-corrected chi connectivity index (χ3v) is 1.43. The SMILES string of the molecule is COC(/C=C/CC(N)CO)OC.Cl. The lowest BCUT2D eigenvalue weighted by Crippen LogP contribution is -2.23. The highest BCUT2D eigenvalue weighted by atomic mass is 35.5. The minimum atomic E-state index is -0.323. The second kappa shape index (κ2) is 9.95. The van der Waals surface area contributed by atoms with Crippen LogP contribution in [0, 0.1) is 0 Å². The lowest BCUT2D eigenvalue weighted by molar-refractivity contribution is -0.0667. The number of halogens is 1. The fraction of sp³-hybridized carbons (Fsp3) is 0.750. The number of hydrogen-bond acceptors (Lipinski definition) is 4. The van der Waals surface area contributed by atoms with Crippen LogP contribution in [0.15, 0.2) is 12.2 Å². The normalized spacial score (nSPS) is 13.3. The van der Waals surface area contributed by atoms with E-state index in [2.05, 4.69) is 0 Å². The van der Waals surface area contributed by atoms with Gasteiger partial charge in [0.1, 0.15) is 0 Å². The fourth-order valence-corrected chi connectivity index (χ4v) is 0.692. The van der Waals surface area contributed by atoms with Crippen molar-refractivity contribution in [3.05, 3.63) is 12.2 Å². The Kier molecular flexibility index (Phi) is 11.8. The summed E-state index contributed by atoms with van der Waals surface area (Å²) in [7, 11) is 3.12. The Balaban J connectivity index is 0. The summed E-state index contributed by atoms with van der Waals surface area (Å²) in [5, 5.41) is 8.59. The van der Waals surface area contributed by atoms with E-state index in [0.717, 1.165) is 0 Å². The summed E-state index contributed by atoms with van der Waals surface area (Å²) in [5.74, 6) is 0. The molecule has 13 heavy (non-hydrogen) atoms. The Morgan fingerprint density at radius 2 is 1.92 bits per heavy atom. The van der Waals surface area contributed by atoms with Gasteiger partial charge >= 0.3 is 0 Å². The van der Waals surface area contributed by atoms with Gasteiger partial charge in [-0.1, -0.05) is 6.08 Å². The molecule has 1 unspecified atom stereocenters. The van der Waals surface area contributed by atoms with Crippen LogP contribution in [-0.4, -0.2) is 38.3 Å². The quantitative estimate of drug-likeness (QED) is 0.490. The number of rotatable bonds is 6. The van der Waals surface area contributed by atoms with Gasteiger partial charge in [-0.2, -0.15) is 0 Å². The zero-order valence-electron chi connectivity index (χ0n) is 7.97. The van der Waals surface area contributed by atoms with Crippen LogP contribution in [0.5, 0.6) is 0 Å². The van der Waals surface area contributed by atoms with Crippen LogP contribution >= 0.6 is 12.4 Å². The van der Waals surface area contributed by atoms with Gasteiger partial charge in [-0.25, -0.2) is 0 Å².